The van der Waals surface area contributed by atoms with Crippen molar-refractivity contribution in [2.24, 2.45) is 5.92 Å². The fraction of sp³-hybridized carbons (Fsp3) is 0.462. The average molecular weight is 292 g/mol. The number of nitrogens with zero attached hydrogens (tertiary/aromatic N) is 3. The first-order valence-electron chi connectivity index (χ1n) is 6.76. The molecule has 1 saturated heterocycles. The van der Waals surface area contributed by atoms with E-state index in [1.54, 1.807) is 12.4 Å². The maximum Gasteiger partial charge on any atom is 0.357 e. The Balaban J connectivity index is 1.60. The highest BCUT2D eigenvalue weighted by Crippen LogP contribution is 2.30. The van der Waals surface area contributed by atoms with Gasteiger partial charge in [0, 0.05) is 25.5 Å². The Morgan fingerprint density at radius 1 is 1.48 bits per heavy atom. The second-order valence-corrected chi connectivity index (χ2v) is 5.06. The number of aliphatic hydroxyl groups excluding tert-OH is 1. The highest BCUT2D eigenvalue weighted by molar-refractivity contribution is 5.85. The van der Waals surface area contributed by atoms with Gasteiger partial charge in [0.15, 0.2) is 5.69 Å². The van der Waals surface area contributed by atoms with Crippen molar-refractivity contribution in [2.75, 3.05) is 18.0 Å². The van der Waals surface area contributed by atoms with Gasteiger partial charge < -0.3 is 24.5 Å². The Kier molecular flexibility index (Phi) is 3.61. The van der Waals surface area contributed by atoms with E-state index in [-0.39, 0.29) is 11.6 Å². The first-order valence-corrected chi connectivity index (χ1v) is 6.76. The normalized spacial score (nSPS) is 17.9. The van der Waals surface area contributed by atoms with Crippen LogP contribution in [-0.4, -0.2) is 44.2 Å². The molecule has 2 aromatic heterocycles. The van der Waals surface area contributed by atoms with Crippen LogP contribution >= 0.6 is 0 Å². The number of aromatic carboxylic acids is 1. The number of hydrogen-bond donors (Lipinski definition) is 3. The topological polar surface area (TPSA) is 115 Å². The van der Waals surface area contributed by atoms with Crippen molar-refractivity contribution in [1.82, 2.24) is 15.0 Å². The third-order valence-corrected chi connectivity index (χ3v) is 3.77. The quantitative estimate of drug-likeness (QED) is 0.771. The van der Waals surface area contributed by atoms with Crippen molar-refractivity contribution in [2.45, 2.75) is 18.9 Å². The van der Waals surface area contributed by atoms with Crippen LogP contribution in [0, 0.1) is 5.92 Å². The molecular weight excluding hydrogens is 276 g/mol. The Bertz CT molecular complexity index is 601. The lowest BCUT2D eigenvalue weighted by Gasteiger charge is -2.32. The van der Waals surface area contributed by atoms with E-state index < -0.39 is 12.1 Å². The van der Waals surface area contributed by atoms with Crippen LogP contribution in [0.2, 0.25) is 0 Å². The third-order valence-electron chi connectivity index (χ3n) is 3.77. The smallest absolute Gasteiger partial charge is 0.357 e. The van der Waals surface area contributed by atoms with Gasteiger partial charge in [-0.2, -0.15) is 4.98 Å². The zero-order chi connectivity index (χ0) is 14.8. The van der Waals surface area contributed by atoms with Crippen LogP contribution in [-0.2, 0) is 0 Å². The first-order chi connectivity index (χ1) is 10.1. The summed E-state index contributed by atoms with van der Waals surface area (Å²) in [5, 5.41) is 19.1. The molecule has 0 bridgehead atoms. The second-order valence-electron chi connectivity index (χ2n) is 5.06. The Hall–Kier alpha value is -2.35. The number of anilines is 1. The number of aromatic nitrogens is 3. The summed E-state index contributed by atoms with van der Waals surface area (Å²) in [7, 11) is 0. The molecule has 3 heterocycles. The minimum Gasteiger partial charge on any atom is -0.476 e. The van der Waals surface area contributed by atoms with Gasteiger partial charge in [-0.15, -0.1) is 0 Å². The molecule has 1 aliphatic rings. The molecule has 0 saturated carbocycles. The molecule has 2 aromatic rings. The number of carbonyl (C=O) groups is 1. The van der Waals surface area contributed by atoms with Crippen LogP contribution in [0.1, 0.15) is 35.3 Å². The highest BCUT2D eigenvalue weighted by Gasteiger charge is 2.29. The summed E-state index contributed by atoms with van der Waals surface area (Å²) >= 11 is 0. The van der Waals surface area contributed by atoms with Gasteiger partial charge in [-0.05, 0) is 18.8 Å². The summed E-state index contributed by atoms with van der Waals surface area (Å²) in [5.74, 6) is -0.410. The van der Waals surface area contributed by atoms with Crippen molar-refractivity contribution in [1.29, 1.82) is 0 Å². The number of H-pyrrole nitrogens is 1. The first kappa shape index (κ1) is 13.6. The maximum atomic E-state index is 10.8. The molecule has 0 spiro atoms. The van der Waals surface area contributed by atoms with E-state index in [2.05, 4.69) is 15.0 Å². The standard InChI is InChI=1S/C13H16N4O4/c18-10(11-14-3-4-15-11)8-1-5-17(6-2-8)13-16-9(7-21-13)12(19)20/h3-4,7-8,10,18H,1-2,5-6H2,(H,14,15)(H,19,20). The SMILES string of the molecule is O=C(O)c1coc(N2CCC(C(O)c3ncc[nH]3)CC2)n1. The number of oxazole rings is 1. The molecular formula is C13H16N4O4. The largest absolute Gasteiger partial charge is 0.476 e. The van der Waals surface area contributed by atoms with Crippen molar-refractivity contribution in [3.8, 4) is 0 Å². The summed E-state index contributed by atoms with van der Waals surface area (Å²) in [6.07, 6.45) is 5.35. The Morgan fingerprint density at radius 3 is 2.81 bits per heavy atom. The number of aromatic amines is 1. The molecule has 3 rings (SSSR count). The van der Waals surface area contributed by atoms with Crippen molar-refractivity contribution in [3.05, 3.63) is 30.2 Å². The predicted octanol–water partition coefficient (Wildman–Crippen LogP) is 1.05. The number of hydrogen-bond acceptors (Lipinski definition) is 6. The van der Waals surface area contributed by atoms with E-state index in [1.807, 2.05) is 4.90 Å². The molecule has 1 fully saturated rings. The molecule has 8 nitrogen and oxygen atoms in total. The van der Waals surface area contributed by atoms with Crippen molar-refractivity contribution < 1.29 is 19.4 Å². The average Bonchev–Trinajstić information content (AvgIpc) is 3.18. The van der Waals surface area contributed by atoms with E-state index in [1.165, 1.54) is 0 Å². The number of piperidine rings is 1. The molecule has 0 radical (unpaired) electrons. The predicted molar refractivity (Wildman–Crippen MR) is 71.9 cm³/mol. The van der Waals surface area contributed by atoms with Gasteiger partial charge in [-0.3, -0.25) is 0 Å². The van der Waals surface area contributed by atoms with Gasteiger partial charge in [0.05, 0.1) is 0 Å². The molecule has 3 N–H and O–H groups in total. The zero-order valence-electron chi connectivity index (χ0n) is 11.3. The van der Waals surface area contributed by atoms with Crippen LogP contribution in [0.15, 0.2) is 23.1 Å². The number of imidazole rings is 1. The van der Waals surface area contributed by atoms with Gasteiger partial charge in [-0.25, -0.2) is 9.78 Å². The number of aliphatic hydroxyl groups is 1. The molecule has 0 aliphatic carbocycles. The van der Waals surface area contributed by atoms with Crippen LogP contribution in [0.4, 0.5) is 6.01 Å². The fourth-order valence-corrected chi connectivity index (χ4v) is 2.58. The Morgan fingerprint density at radius 2 is 2.24 bits per heavy atom. The molecule has 0 amide bonds. The molecule has 1 aliphatic heterocycles. The lowest BCUT2D eigenvalue weighted by atomic mass is 9.91. The van der Waals surface area contributed by atoms with Crippen molar-refractivity contribution in [3.63, 3.8) is 0 Å². The molecule has 112 valence electrons. The highest BCUT2D eigenvalue weighted by atomic mass is 16.4. The minimum atomic E-state index is -1.10. The van der Waals surface area contributed by atoms with E-state index in [0.29, 0.717) is 24.9 Å². The third kappa shape index (κ3) is 2.75. The minimum absolute atomic E-state index is 0.0947. The van der Waals surface area contributed by atoms with E-state index >= 15 is 0 Å². The summed E-state index contributed by atoms with van der Waals surface area (Å²) in [4.78, 5) is 23.6. The number of carboxylic acid groups (broad SMARTS) is 1. The summed E-state index contributed by atoms with van der Waals surface area (Å²) in [6.45, 7) is 1.31. The summed E-state index contributed by atoms with van der Waals surface area (Å²) < 4.78 is 5.19. The van der Waals surface area contributed by atoms with Gasteiger partial charge in [0.1, 0.15) is 18.2 Å². The molecule has 0 aromatic carbocycles. The maximum absolute atomic E-state index is 10.8. The second kappa shape index (κ2) is 5.57. The van der Waals surface area contributed by atoms with E-state index in [4.69, 9.17) is 9.52 Å². The number of nitrogens with one attached hydrogen (secondary N) is 1. The lowest BCUT2D eigenvalue weighted by molar-refractivity contribution is 0.0690. The fourth-order valence-electron chi connectivity index (χ4n) is 2.58. The molecule has 1 unspecified atom stereocenters. The van der Waals surface area contributed by atoms with Gasteiger partial charge in [0.25, 0.3) is 6.01 Å². The Labute approximate surface area is 120 Å². The van der Waals surface area contributed by atoms with Crippen LogP contribution in [0.25, 0.3) is 0 Å². The molecule has 21 heavy (non-hydrogen) atoms. The monoisotopic (exact) mass is 292 g/mol. The lowest BCUT2D eigenvalue weighted by Crippen LogP contribution is -2.36. The van der Waals surface area contributed by atoms with E-state index in [0.717, 1.165) is 19.1 Å². The summed E-state index contributed by atoms with van der Waals surface area (Å²) in [5.41, 5.74) is -0.0947. The van der Waals surface area contributed by atoms with Gasteiger partial charge in [0.2, 0.25) is 0 Å². The number of rotatable bonds is 4. The number of carboxylic acids is 1. The zero-order valence-corrected chi connectivity index (χ0v) is 11.3. The van der Waals surface area contributed by atoms with E-state index in [9.17, 15) is 9.90 Å². The van der Waals surface area contributed by atoms with Crippen molar-refractivity contribution >= 4 is 12.0 Å². The summed E-state index contributed by atoms with van der Waals surface area (Å²) in [6, 6.07) is 0.318. The molecule has 8 heteroatoms. The van der Waals surface area contributed by atoms with Crippen LogP contribution in [0.5, 0.6) is 0 Å². The van der Waals surface area contributed by atoms with Gasteiger partial charge >= 0.3 is 5.97 Å². The van der Waals surface area contributed by atoms with Crippen LogP contribution in [0.3, 0.4) is 0 Å². The molecule has 1 atom stereocenters. The van der Waals surface area contributed by atoms with Gasteiger partial charge in [-0.1, -0.05) is 0 Å². The van der Waals surface area contributed by atoms with Crippen LogP contribution < -0.4 is 4.90 Å².